The molecule has 2 aromatic carbocycles. The van der Waals surface area contributed by atoms with Crippen molar-refractivity contribution < 1.29 is 23.5 Å². The average molecular weight is 559 g/mol. The molecule has 5 rings (SSSR count). The number of furan rings is 1. The van der Waals surface area contributed by atoms with Crippen molar-refractivity contribution in [2.45, 2.75) is 38.8 Å². The molecule has 208 valence electrons. The van der Waals surface area contributed by atoms with Gasteiger partial charge in [0.25, 0.3) is 5.91 Å². The maximum absolute atomic E-state index is 13.9. The predicted octanol–water partition coefficient (Wildman–Crippen LogP) is 6.32. The first kappa shape index (κ1) is 27.5. The molecule has 8 heteroatoms. The minimum absolute atomic E-state index is 0.0875. The number of hydrogen-bond acceptors (Lipinski definition) is 6. The Hall–Kier alpha value is -4.04. The number of carbonyl (C=O) groups excluding carboxylic acids is 2. The number of nitrogens with zero attached hydrogens (tertiary/aromatic N) is 2. The third-order valence-corrected chi connectivity index (χ3v) is 8.22. The zero-order chi connectivity index (χ0) is 28.1. The van der Waals surface area contributed by atoms with Crippen molar-refractivity contribution in [2.75, 3.05) is 26.8 Å². The number of fused-ring (bicyclic) bond motifs is 1. The average Bonchev–Trinajstić information content (AvgIpc) is 3.67. The molecule has 0 aliphatic carbocycles. The molecule has 0 saturated carbocycles. The fourth-order valence-electron chi connectivity index (χ4n) is 4.98. The van der Waals surface area contributed by atoms with Crippen molar-refractivity contribution >= 4 is 23.2 Å². The van der Waals surface area contributed by atoms with Crippen LogP contribution in [0.2, 0.25) is 0 Å². The second-order valence-corrected chi connectivity index (χ2v) is 11.2. The molecule has 0 radical (unpaired) electrons. The Bertz CT molecular complexity index is 1430. The van der Waals surface area contributed by atoms with Gasteiger partial charge in [-0.25, -0.2) is 0 Å². The van der Waals surface area contributed by atoms with E-state index in [2.05, 4.69) is 37.4 Å². The van der Waals surface area contributed by atoms with Crippen LogP contribution in [0.1, 0.15) is 57.9 Å². The molecule has 40 heavy (non-hydrogen) atoms. The van der Waals surface area contributed by atoms with Gasteiger partial charge in [-0.3, -0.25) is 9.59 Å². The highest BCUT2D eigenvalue weighted by atomic mass is 32.1. The molecule has 1 aliphatic rings. The van der Waals surface area contributed by atoms with Gasteiger partial charge in [-0.15, -0.1) is 11.3 Å². The largest absolute Gasteiger partial charge is 0.497 e. The van der Waals surface area contributed by atoms with Crippen LogP contribution in [0.15, 0.2) is 82.8 Å². The molecule has 3 heterocycles. The molecule has 0 saturated heterocycles. The number of amides is 2. The van der Waals surface area contributed by atoms with Crippen molar-refractivity contribution in [3.63, 3.8) is 0 Å². The van der Waals surface area contributed by atoms with Gasteiger partial charge in [0.15, 0.2) is 0 Å². The second kappa shape index (κ2) is 12.4. The molecule has 0 spiro atoms. The minimum Gasteiger partial charge on any atom is -0.497 e. The molecule has 7 nitrogen and oxygen atoms in total. The van der Waals surface area contributed by atoms with E-state index in [4.69, 9.17) is 13.9 Å². The maximum atomic E-state index is 13.9. The van der Waals surface area contributed by atoms with Crippen LogP contribution < -0.4 is 9.47 Å². The van der Waals surface area contributed by atoms with Crippen molar-refractivity contribution in [1.29, 1.82) is 0 Å². The number of ether oxygens (including phenoxy) is 2. The van der Waals surface area contributed by atoms with Gasteiger partial charge in [-0.1, -0.05) is 32.0 Å². The van der Waals surface area contributed by atoms with E-state index in [9.17, 15) is 9.59 Å². The van der Waals surface area contributed by atoms with Gasteiger partial charge in [0.1, 0.15) is 30.4 Å². The second-order valence-electron chi connectivity index (χ2n) is 10.2. The van der Waals surface area contributed by atoms with E-state index in [1.54, 1.807) is 61.1 Å². The first-order valence-corrected chi connectivity index (χ1v) is 14.3. The van der Waals surface area contributed by atoms with E-state index in [1.807, 2.05) is 17.0 Å². The van der Waals surface area contributed by atoms with E-state index in [0.717, 1.165) is 17.7 Å². The zero-order valence-electron chi connectivity index (χ0n) is 23.0. The van der Waals surface area contributed by atoms with Crippen molar-refractivity contribution in [2.24, 2.45) is 0 Å². The van der Waals surface area contributed by atoms with Crippen LogP contribution in [-0.2, 0) is 17.8 Å². The molecule has 2 amide bonds. The van der Waals surface area contributed by atoms with Crippen LogP contribution in [0.25, 0.3) is 0 Å². The Balaban J connectivity index is 1.36. The molecular weight excluding hydrogens is 524 g/mol. The summed E-state index contributed by atoms with van der Waals surface area (Å²) in [6, 6.07) is 20.5. The molecule has 1 atom stereocenters. The highest BCUT2D eigenvalue weighted by molar-refractivity contribution is 7.10. The number of hydrogen-bond donors (Lipinski definition) is 0. The van der Waals surface area contributed by atoms with Gasteiger partial charge < -0.3 is 23.7 Å². The lowest BCUT2D eigenvalue weighted by Gasteiger charge is -2.37. The molecule has 1 aliphatic heterocycles. The lowest BCUT2D eigenvalue weighted by Crippen LogP contribution is -2.47. The quantitative estimate of drug-likeness (QED) is 0.228. The van der Waals surface area contributed by atoms with Crippen LogP contribution in [0.5, 0.6) is 11.5 Å². The summed E-state index contributed by atoms with van der Waals surface area (Å²) in [7, 11) is 1.56. The van der Waals surface area contributed by atoms with Crippen molar-refractivity contribution in [1.82, 2.24) is 9.80 Å². The molecule has 2 aromatic heterocycles. The van der Waals surface area contributed by atoms with E-state index in [1.165, 1.54) is 15.3 Å². The monoisotopic (exact) mass is 558 g/mol. The first-order valence-electron chi connectivity index (χ1n) is 13.5. The highest BCUT2D eigenvalue weighted by Crippen LogP contribution is 2.34. The summed E-state index contributed by atoms with van der Waals surface area (Å²) in [4.78, 5) is 32.2. The number of thiophene rings is 1. The van der Waals surface area contributed by atoms with Gasteiger partial charge in [0, 0.05) is 17.0 Å². The Morgan fingerprint density at radius 2 is 1.90 bits per heavy atom. The molecular formula is C32H34N2O5S. The fraction of sp³-hybridized carbons (Fsp3) is 0.312. The first-order chi connectivity index (χ1) is 19.4. The summed E-state index contributed by atoms with van der Waals surface area (Å²) >= 11 is 1.71. The summed E-state index contributed by atoms with van der Waals surface area (Å²) < 4.78 is 17.1. The summed E-state index contributed by atoms with van der Waals surface area (Å²) in [5, 5.41) is 2.07. The van der Waals surface area contributed by atoms with Gasteiger partial charge in [0.2, 0.25) is 5.91 Å². The lowest BCUT2D eigenvalue weighted by molar-refractivity contribution is -0.135. The van der Waals surface area contributed by atoms with Crippen LogP contribution in [0, 0.1) is 0 Å². The Morgan fingerprint density at radius 3 is 2.62 bits per heavy atom. The standard InChI is InChI=1S/C32H34N2O5S/c1-22(2)23-9-11-25(12-10-23)39-21-29-28-14-17-40-30(28)13-15-34(29)31(35)20-33(19-27-8-5-16-38-27)32(36)24-6-4-7-26(18-24)37-3/h4-12,14,16-18,22,29H,13,15,19-21H2,1-3H3/t29-/m0/s1. The maximum Gasteiger partial charge on any atom is 0.254 e. The number of benzene rings is 2. The molecule has 0 unspecified atom stereocenters. The molecule has 0 bridgehead atoms. The predicted molar refractivity (Wildman–Crippen MR) is 155 cm³/mol. The summed E-state index contributed by atoms with van der Waals surface area (Å²) in [5.74, 6) is 1.99. The van der Waals surface area contributed by atoms with Gasteiger partial charge in [-0.05, 0) is 77.4 Å². The summed E-state index contributed by atoms with van der Waals surface area (Å²) in [6.45, 7) is 5.31. The number of rotatable bonds is 10. The summed E-state index contributed by atoms with van der Waals surface area (Å²) in [5.41, 5.74) is 2.81. The smallest absolute Gasteiger partial charge is 0.254 e. The van der Waals surface area contributed by atoms with E-state index in [0.29, 0.717) is 36.1 Å². The third kappa shape index (κ3) is 6.23. The van der Waals surface area contributed by atoms with E-state index in [-0.39, 0.29) is 30.9 Å². The number of methoxy groups -OCH3 is 1. The van der Waals surface area contributed by atoms with Crippen LogP contribution in [-0.4, -0.2) is 48.4 Å². The molecule has 0 fully saturated rings. The van der Waals surface area contributed by atoms with Crippen LogP contribution in [0.3, 0.4) is 0 Å². The summed E-state index contributed by atoms with van der Waals surface area (Å²) in [6.07, 6.45) is 2.34. The van der Waals surface area contributed by atoms with Crippen molar-refractivity contribution in [3.8, 4) is 11.5 Å². The van der Waals surface area contributed by atoms with Crippen LogP contribution >= 0.6 is 11.3 Å². The Labute approximate surface area is 238 Å². The Morgan fingerprint density at radius 1 is 1.07 bits per heavy atom. The number of carbonyl (C=O) groups is 2. The van der Waals surface area contributed by atoms with Crippen LogP contribution in [0.4, 0.5) is 0 Å². The van der Waals surface area contributed by atoms with Gasteiger partial charge in [-0.2, -0.15) is 0 Å². The Kier molecular flexibility index (Phi) is 8.55. The molecule has 4 aromatic rings. The SMILES string of the molecule is COc1cccc(C(=O)N(CC(=O)N2CCc3sccc3[C@@H]2COc2ccc(C(C)C)cc2)Cc2ccco2)c1. The molecule has 0 N–H and O–H groups in total. The highest BCUT2D eigenvalue weighted by Gasteiger charge is 2.34. The van der Waals surface area contributed by atoms with Gasteiger partial charge >= 0.3 is 0 Å². The minimum atomic E-state index is -0.269. The third-order valence-electron chi connectivity index (χ3n) is 7.23. The normalized spacial score (nSPS) is 14.6. The fourth-order valence-corrected chi connectivity index (χ4v) is 5.91. The topological polar surface area (TPSA) is 72.2 Å². The lowest BCUT2D eigenvalue weighted by atomic mass is 10.00. The zero-order valence-corrected chi connectivity index (χ0v) is 23.9. The van der Waals surface area contributed by atoms with Crippen molar-refractivity contribution in [3.05, 3.63) is 106 Å². The van der Waals surface area contributed by atoms with Gasteiger partial charge in [0.05, 0.1) is 26.0 Å². The van der Waals surface area contributed by atoms with E-state index >= 15 is 0 Å². The van der Waals surface area contributed by atoms with E-state index < -0.39 is 0 Å².